The Morgan fingerprint density at radius 1 is 1.44 bits per heavy atom. The molecule has 2 aromatic heterocycles. The summed E-state index contributed by atoms with van der Waals surface area (Å²) in [4.78, 5) is 6.64. The summed E-state index contributed by atoms with van der Waals surface area (Å²) in [6, 6.07) is 2.09. The summed E-state index contributed by atoms with van der Waals surface area (Å²) in [6.45, 7) is 1.67. The SMILES string of the molecule is CN(CCO)Cc1csc(-c2ccsc2)n1. The average molecular weight is 254 g/mol. The van der Waals surface area contributed by atoms with Gasteiger partial charge in [0.1, 0.15) is 5.01 Å². The van der Waals surface area contributed by atoms with Gasteiger partial charge in [-0.3, -0.25) is 4.90 Å². The van der Waals surface area contributed by atoms with Crippen LogP contribution in [-0.4, -0.2) is 35.2 Å². The molecule has 0 unspecified atom stereocenters. The molecular formula is C11H14N2OS2. The van der Waals surface area contributed by atoms with Gasteiger partial charge in [0.2, 0.25) is 0 Å². The van der Waals surface area contributed by atoms with E-state index in [1.54, 1.807) is 22.7 Å². The summed E-state index contributed by atoms with van der Waals surface area (Å²) in [5, 5.41) is 16.1. The quantitative estimate of drug-likeness (QED) is 0.889. The number of aromatic nitrogens is 1. The number of rotatable bonds is 5. The van der Waals surface area contributed by atoms with Crippen LogP contribution in [0.2, 0.25) is 0 Å². The molecule has 3 nitrogen and oxygen atoms in total. The number of aliphatic hydroxyl groups is 1. The molecule has 0 amide bonds. The van der Waals surface area contributed by atoms with Gasteiger partial charge in [0.15, 0.2) is 0 Å². The molecule has 0 fully saturated rings. The van der Waals surface area contributed by atoms with Crippen molar-refractivity contribution in [1.29, 1.82) is 0 Å². The van der Waals surface area contributed by atoms with E-state index in [9.17, 15) is 0 Å². The maximum atomic E-state index is 8.81. The Labute approximate surface area is 103 Å². The summed E-state index contributed by atoms with van der Waals surface area (Å²) in [7, 11) is 1.99. The molecule has 0 aliphatic heterocycles. The molecule has 0 saturated carbocycles. The van der Waals surface area contributed by atoms with E-state index in [1.807, 2.05) is 7.05 Å². The molecule has 1 N–H and O–H groups in total. The molecule has 0 aliphatic rings. The lowest BCUT2D eigenvalue weighted by Crippen LogP contribution is -2.21. The molecule has 5 heteroatoms. The summed E-state index contributed by atoms with van der Waals surface area (Å²) in [6.07, 6.45) is 0. The van der Waals surface area contributed by atoms with Crippen molar-refractivity contribution in [2.75, 3.05) is 20.2 Å². The minimum absolute atomic E-state index is 0.192. The second-order valence-electron chi connectivity index (χ2n) is 3.62. The first-order chi connectivity index (χ1) is 7.79. The molecule has 0 saturated heterocycles. The Bertz CT molecular complexity index is 425. The maximum Gasteiger partial charge on any atom is 0.124 e. The molecule has 2 aromatic rings. The lowest BCUT2D eigenvalue weighted by Gasteiger charge is -2.12. The number of thiazole rings is 1. The third-order valence-corrected chi connectivity index (χ3v) is 3.86. The van der Waals surface area contributed by atoms with Crippen molar-refractivity contribution in [3.63, 3.8) is 0 Å². The molecule has 0 aromatic carbocycles. The third kappa shape index (κ3) is 2.89. The van der Waals surface area contributed by atoms with Crippen LogP contribution < -0.4 is 0 Å². The van der Waals surface area contributed by atoms with E-state index >= 15 is 0 Å². The Kier molecular flexibility index (Phi) is 4.06. The fourth-order valence-electron chi connectivity index (χ4n) is 1.42. The first-order valence-electron chi connectivity index (χ1n) is 5.06. The van der Waals surface area contributed by atoms with Crippen LogP contribution in [0.4, 0.5) is 0 Å². The van der Waals surface area contributed by atoms with Crippen molar-refractivity contribution in [1.82, 2.24) is 9.88 Å². The van der Waals surface area contributed by atoms with Gasteiger partial charge < -0.3 is 5.11 Å². The van der Waals surface area contributed by atoms with Gasteiger partial charge >= 0.3 is 0 Å². The zero-order chi connectivity index (χ0) is 11.4. The normalized spacial score (nSPS) is 11.2. The van der Waals surface area contributed by atoms with Crippen LogP contribution in [0.1, 0.15) is 5.69 Å². The molecule has 86 valence electrons. The van der Waals surface area contributed by atoms with Crippen LogP contribution in [0.3, 0.4) is 0 Å². The fraction of sp³-hybridized carbons (Fsp3) is 0.364. The monoisotopic (exact) mass is 254 g/mol. The Hall–Kier alpha value is -0.750. The Balaban J connectivity index is 2.03. The van der Waals surface area contributed by atoms with Gasteiger partial charge in [0.05, 0.1) is 12.3 Å². The molecule has 0 bridgehead atoms. The largest absolute Gasteiger partial charge is 0.395 e. The van der Waals surface area contributed by atoms with Gasteiger partial charge in [0, 0.05) is 29.4 Å². The summed E-state index contributed by atoms with van der Waals surface area (Å²) in [5.74, 6) is 0. The molecule has 0 aliphatic carbocycles. The molecule has 16 heavy (non-hydrogen) atoms. The summed E-state index contributed by atoms with van der Waals surface area (Å²) < 4.78 is 0. The van der Waals surface area contributed by atoms with Crippen LogP contribution in [0.5, 0.6) is 0 Å². The Morgan fingerprint density at radius 2 is 2.31 bits per heavy atom. The zero-order valence-electron chi connectivity index (χ0n) is 9.09. The van der Waals surface area contributed by atoms with Crippen LogP contribution >= 0.6 is 22.7 Å². The maximum absolute atomic E-state index is 8.81. The second-order valence-corrected chi connectivity index (χ2v) is 5.26. The topological polar surface area (TPSA) is 36.4 Å². The van der Waals surface area contributed by atoms with Crippen LogP contribution in [0.25, 0.3) is 10.6 Å². The molecule has 0 radical (unpaired) electrons. The highest BCUT2D eigenvalue weighted by Crippen LogP contribution is 2.25. The minimum Gasteiger partial charge on any atom is -0.395 e. The van der Waals surface area contributed by atoms with E-state index in [2.05, 4.69) is 32.1 Å². The van der Waals surface area contributed by atoms with Gasteiger partial charge in [-0.25, -0.2) is 4.98 Å². The smallest absolute Gasteiger partial charge is 0.124 e. The number of aliphatic hydroxyl groups excluding tert-OH is 1. The third-order valence-electron chi connectivity index (χ3n) is 2.23. The van der Waals surface area contributed by atoms with Gasteiger partial charge in [-0.1, -0.05) is 0 Å². The van der Waals surface area contributed by atoms with Crippen LogP contribution in [0, 0.1) is 0 Å². The summed E-state index contributed by atoms with van der Waals surface area (Å²) in [5.41, 5.74) is 2.27. The number of hydrogen-bond donors (Lipinski definition) is 1. The van der Waals surface area contributed by atoms with Gasteiger partial charge in [0.25, 0.3) is 0 Å². The van der Waals surface area contributed by atoms with E-state index in [-0.39, 0.29) is 6.61 Å². The minimum atomic E-state index is 0.192. The molecular weight excluding hydrogens is 240 g/mol. The van der Waals surface area contributed by atoms with E-state index in [0.29, 0.717) is 6.54 Å². The predicted octanol–water partition coefficient (Wildman–Crippen LogP) is 2.30. The van der Waals surface area contributed by atoms with Crippen molar-refractivity contribution in [3.8, 4) is 10.6 Å². The highest BCUT2D eigenvalue weighted by atomic mass is 32.1. The fourth-order valence-corrected chi connectivity index (χ4v) is 2.95. The van der Waals surface area contributed by atoms with Crippen molar-refractivity contribution in [2.24, 2.45) is 0 Å². The van der Waals surface area contributed by atoms with E-state index in [4.69, 9.17) is 5.11 Å². The molecule has 0 atom stereocenters. The number of nitrogens with zero attached hydrogens (tertiary/aromatic N) is 2. The van der Waals surface area contributed by atoms with E-state index < -0.39 is 0 Å². The van der Waals surface area contributed by atoms with Crippen molar-refractivity contribution >= 4 is 22.7 Å². The lowest BCUT2D eigenvalue weighted by atomic mass is 10.3. The van der Waals surface area contributed by atoms with Gasteiger partial charge in [-0.15, -0.1) is 11.3 Å². The van der Waals surface area contributed by atoms with Gasteiger partial charge in [-0.05, 0) is 18.5 Å². The second kappa shape index (κ2) is 5.54. The van der Waals surface area contributed by atoms with E-state index in [0.717, 1.165) is 17.2 Å². The van der Waals surface area contributed by atoms with Crippen LogP contribution in [0.15, 0.2) is 22.2 Å². The zero-order valence-corrected chi connectivity index (χ0v) is 10.7. The van der Waals surface area contributed by atoms with E-state index in [1.165, 1.54) is 5.56 Å². The summed E-state index contributed by atoms with van der Waals surface area (Å²) >= 11 is 3.36. The number of hydrogen-bond acceptors (Lipinski definition) is 5. The highest BCUT2D eigenvalue weighted by Gasteiger charge is 2.06. The first-order valence-corrected chi connectivity index (χ1v) is 6.88. The molecule has 2 rings (SSSR count). The van der Waals surface area contributed by atoms with Crippen LogP contribution in [-0.2, 0) is 6.54 Å². The Morgan fingerprint density at radius 3 is 3.00 bits per heavy atom. The number of thiophene rings is 1. The number of likely N-dealkylation sites (N-methyl/N-ethyl adjacent to an activating group) is 1. The average Bonchev–Trinajstić information content (AvgIpc) is 2.86. The highest BCUT2D eigenvalue weighted by molar-refractivity contribution is 7.14. The lowest BCUT2D eigenvalue weighted by molar-refractivity contribution is 0.216. The standard InChI is InChI=1S/C11H14N2OS2/c1-13(3-4-14)6-10-8-16-11(12-10)9-2-5-15-7-9/h2,5,7-8,14H,3-4,6H2,1H3. The van der Waals surface area contributed by atoms with Crippen molar-refractivity contribution in [2.45, 2.75) is 6.54 Å². The van der Waals surface area contributed by atoms with Crippen molar-refractivity contribution < 1.29 is 5.11 Å². The predicted molar refractivity (Wildman–Crippen MR) is 68.8 cm³/mol. The molecule has 0 spiro atoms. The molecule has 2 heterocycles. The first kappa shape index (κ1) is 11.7. The van der Waals surface area contributed by atoms with Gasteiger partial charge in [-0.2, -0.15) is 11.3 Å². The van der Waals surface area contributed by atoms with Crippen molar-refractivity contribution in [3.05, 3.63) is 27.9 Å².